The zero-order valence-electron chi connectivity index (χ0n) is 11.3. The van der Waals surface area contributed by atoms with Crippen LogP contribution in [0.25, 0.3) is 0 Å². The van der Waals surface area contributed by atoms with E-state index < -0.39 is 22.8 Å². The van der Waals surface area contributed by atoms with Crippen molar-refractivity contribution in [3.8, 4) is 0 Å². The van der Waals surface area contributed by atoms with Crippen LogP contribution >= 0.6 is 0 Å². The second kappa shape index (κ2) is 6.09. The Morgan fingerprint density at radius 1 is 1.45 bits per heavy atom. The van der Waals surface area contributed by atoms with Crippen molar-refractivity contribution < 1.29 is 19.6 Å². The molecule has 1 amide bonds. The molecule has 2 N–H and O–H groups in total. The molecule has 0 radical (unpaired) electrons. The van der Waals surface area contributed by atoms with Gasteiger partial charge in [0.05, 0.1) is 16.2 Å². The fourth-order valence-electron chi connectivity index (χ4n) is 1.58. The van der Waals surface area contributed by atoms with E-state index in [1.807, 2.05) is 0 Å². The van der Waals surface area contributed by atoms with Crippen LogP contribution in [0.4, 0.5) is 5.69 Å². The lowest BCUT2D eigenvalue weighted by Gasteiger charge is -2.18. The fourth-order valence-corrected chi connectivity index (χ4v) is 1.58. The van der Waals surface area contributed by atoms with Crippen LogP contribution in [0.5, 0.6) is 0 Å². The summed E-state index contributed by atoms with van der Waals surface area (Å²) in [6.07, 6.45) is 1.04. The summed E-state index contributed by atoms with van der Waals surface area (Å²) < 4.78 is 0. The number of carbonyl (C=O) groups is 2. The molecule has 1 aromatic rings. The Morgan fingerprint density at radius 3 is 2.50 bits per heavy atom. The van der Waals surface area contributed by atoms with Crippen molar-refractivity contribution in [1.29, 1.82) is 0 Å². The molecular weight excluding hydrogens is 266 g/mol. The summed E-state index contributed by atoms with van der Waals surface area (Å²) in [7, 11) is 0. The topological polar surface area (TPSA) is 122 Å². The van der Waals surface area contributed by atoms with Gasteiger partial charge >= 0.3 is 5.97 Å². The van der Waals surface area contributed by atoms with Gasteiger partial charge in [-0.05, 0) is 12.8 Å². The Kier molecular flexibility index (Phi) is 4.73. The number of aryl methyl sites for hydroxylation is 1. The third kappa shape index (κ3) is 3.50. The second-order valence-corrected chi connectivity index (χ2v) is 4.62. The standard InChI is InChI=1S/C12H15N3O5/c1-6(2)10(12(17)18)14-11(16)9-4-8(15(19)20)5-13-7(9)3/h4-6,10H,1-3H3,(H,14,16)(H,17,18)/t10-/m1/s1. The quantitative estimate of drug-likeness (QED) is 0.616. The molecular formula is C12H15N3O5. The molecule has 8 heteroatoms. The molecule has 0 aliphatic carbocycles. The van der Waals surface area contributed by atoms with Crippen molar-refractivity contribution in [2.45, 2.75) is 26.8 Å². The molecule has 1 heterocycles. The molecule has 1 rings (SSSR count). The van der Waals surface area contributed by atoms with E-state index in [-0.39, 0.29) is 17.2 Å². The van der Waals surface area contributed by atoms with Gasteiger partial charge in [-0.3, -0.25) is 19.9 Å². The van der Waals surface area contributed by atoms with Gasteiger partial charge in [0, 0.05) is 6.07 Å². The molecule has 0 aliphatic rings. The zero-order chi connectivity index (χ0) is 15.4. The number of pyridine rings is 1. The van der Waals surface area contributed by atoms with Crippen LogP contribution < -0.4 is 5.32 Å². The Labute approximate surface area is 115 Å². The molecule has 0 fully saturated rings. The van der Waals surface area contributed by atoms with Crippen molar-refractivity contribution in [3.05, 3.63) is 33.6 Å². The Balaban J connectivity index is 3.05. The molecule has 0 saturated carbocycles. The highest BCUT2D eigenvalue weighted by molar-refractivity contribution is 5.97. The minimum absolute atomic E-state index is 0.00824. The van der Waals surface area contributed by atoms with Crippen molar-refractivity contribution >= 4 is 17.6 Å². The summed E-state index contributed by atoms with van der Waals surface area (Å²) in [5, 5.41) is 22.0. The van der Waals surface area contributed by atoms with Crippen molar-refractivity contribution in [2.24, 2.45) is 5.92 Å². The SMILES string of the molecule is Cc1ncc([N+](=O)[O-])cc1C(=O)N[C@@H](C(=O)O)C(C)C. The molecule has 0 spiro atoms. The summed E-state index contributed by atoms with van der Waals surface area (Å²) in [5.74, 6) is -2.17. The van der Waals surface area contributed by atoms with Crippen LogP contribution in [0.1, 0.15) is 29.9 Å². The normalized spacial score (nSPS) is 12.0. The highest BCUT2D eigenvalue weighted by atomic mass is 16.6. The Bertz CT molecular complexity index is 556. The van der Waals surface area contributed by atoms with Crippen molar-refractivity contribution in [1.82, 2.24) is 10.3 Å². The molecule has 1 atom stereocenters. The van der Waals surface area contributed by atoms with Crippen LogP contribution in [0, 0.1) is 23.0 Å². The maximum absolute atomic E-state index is 12.0. The number of rotatable bonds is 5. The van der Waals surface area contributed by atoms with E-state index in [1.165, 1.54) is 6.92 Å². The average molecular weight is 281 g/mol. The summed E-state index contributed by atoms with van der Waals surface area (Å²) in [4.78, 5) is 36.8. The molecule has 0 aromatic carbocycles. The van der Waals surface area contributed by atoms with E-state index in [0.29, 0.717) is 5.69 Å². The van der Waals surface area contributed by atoms with Gasteiger partial charge in [0.1, 0.15) is 12.2 Å². The van der Waals surface area contributed by atoms with Crippen molar-refractivity contribution in [2.75, 3.05) is 0 Å². The van der Waals surface area contributed by atoms with E-state index in [1.54, 1.807) is 13.8 Å². The summed E-state index contributed by atoms with van der Waals surface area (Å²) in [6, 6.07) is 0.0119. The van der Waals surface area contributed by atoms with Gasteiger partial charge in [0.25, 0.3) is 11.6 Å². The van der Waals surface area contributed by atoms with E-state index in [0.717, 1.165) is 12.3 Å². The third-order valence-corrected chi connectivity index (χ3v) is 2.75. The van der Waals surface area contributed by atoms with Crippen LogP contribution in [0.3, 0.4) is 0 Å². The first-order valence-electron chi connectivity index (χ1n) is 5.88. The predicted molar refractivity (Wildman–Crippen MR) is 69.4 cm³/mol. The molecule has 0 saturated heterocycles. The number of carboxylic acid groups (broad SMARTS) is 1. The van der Waals surface area contributed by atoms with E-state index in [9.17, 15) is 19.7 Å². The van der Waals surface area contributed by atoms with Gasteiger partial charge < -0.3 is 10.4 Å². The number of hydrogen-bond donors (Lipinski definition) is 2. The first-order valence-corrected chi connectivity index (χ1v) is 5.88. The zero-order valence-corrected chi connectivity index (χ0v) is 11.3. The molecule has 1 aromatic heterocycles. The number of nitro groups is 1. The highest BCUT2D eigenvalue weighted by Gasteiger charge is 2.25. The van der Waals surface area contributed by atoms with Crippen LogP contribution in [-0.4, -0.2) is 32.9 Å². The number of aromatic nitrogens is 1. The average Bonchev–Trinajstić information content (AvgIpc) is 2.34. The second-order valence-electron chi connectivity index (χ2n) is 4.62. The maximum atomic E-state index is 12.0. The van der Waals surface area contributed by atoms with Gasteiger partial charge in [0.15, 0.2) is 0 Å². The monoisotopic (exact) mass is 281 g/mol. The summed E-state index contributed by atoms with van der Waals surface area (Å²) in [5.41, 5.74) is -0.0377. The number of nitrogens with zero attached hydrogens (tertiary/aromatic N) is 2. The molecule has 0 aliphatic heterocycles. The molecule has 0 bridgehead atoms. The van der Waals surface area contributed by atoms with Crippen LogP contribution in [-0.2, 0) is 4.79 Å². The van der Waals surface area contributed by atoms with E-state index >= 15 is 0 Å². The van der Waals surface area contributed by atoms with Crippen LogP contribution in [0.2, 0.25) is 0 Å². The largest absolute Gasteiger partial charge is 0.480 e. The lowest BCUT2D eigenvalue weighted by Crippen LogP contribution is -2.44. The predicted octanol–water partition coefficient (Wildman–Crippen LogP) is 1.14. The number of amides is 1. The van der Waals surface area contributed by atoms with E-state index in [4.69, 9.17) is 5.11 Å². The lowest BCUT2D eigenvalue weighted by molar-refractivity contribution is -0.385. The summed E-state index contributed by atoms with van der Waals surface area (Å²) in [6.45, 7) is 4.82. The number of carbonyl (C=O) groups excluding carboxylic acids is 1. The summed E-state index contributed by atoms with van der Waals surface area (Å²) >= 11 is 0. The smallest absolute Gasteiger partial charge is 0.326 e. The van der Waals surface area contributed by atoms with Crippen LogP contribution in [0.15, 0.2) is 12.3 Å². The van der Waals surface area contributed by atoms with Gasteiger partial charge in [-0.25, -0.2) is 4.79 Å². The Hall–Kier alpha value is -2.51. The number of nitrogens with one attached hydrogen (secondary N) is 1. The molecule has 0 unspecified atom stereocenters. The van der Waals surface area contributed by atoms with E-state index in [2.05, 4.69) is 10.3 Å². The lowest BCUT2D eigenvalue weighted by atomic mass is 10.0. The minimum Gasteiger partial charge on any atom is -0.480 e. The molecule has 20 heavy (non-hydrogen) atoms. The first-order chi connectivity index (χ1) is 9.23. The molecule has 108 valence electrons. The van der Waals surface area contributed by atoms with Gasteiger partial charge in [-0.2, -0.15) is 0 Å². The van der Waals surface area contributed by atoms with Gasteiger partial charge in [0.2, 0.25) is 0 Å². The van der Waals surface area contributed by atoms with Gasteiger partial charge in [-0.1, -0.05) is 13.8 Å². The minimum atomic E-state index is -1.16. The number of hydrogen-bond acceptors (Lipinski definition) is 5. The third-order valence-electron chi connectivity index (χ3n) is 2.75. The highest BCUT2D eigenvalue weighted by Crippen LogP contribution is 2.15. The molecule has 8 nitrogen and oxygen atoms in total. The maximum Gasteiger partial charge on any atom is 0.326 e. The first kappa shape index (κ1) is 15.5. The Morgan fingerprint density at radius 2 is 2.05 bits per heavy atom. The fraction of sp³-hybridized carbons (Fsp3) is 0.417. The number of carboxylic acids is 1. The number of aliphatic carboxylic acids is 1. The van der Waals surface area contributed by atoms with Gasteiger partial charge in [-0.15, -0.1) is 0 Å². The van der Waals surface area contributed by atoms with Crippen molar-refractivity contribution in [3.63, 3.8) is 0 Å².